The van der Waals surface area contributed by atoms with Crippen LogP contribution in [0.25, 0.3) is 11.3 Å². The van der Waals surface area contributed by atoms with Crippen LogP contribution in [-0.4, -0.2) is 12.7 Å². The third kappa shape index (κ3) is 4.08. The van der Waals surface area contributed by atoms with Crippen molar-refractivity contribution in [3.05, 3.63) is 120 Å². The van der Waals surface area contributed by atoms with Gasteiger partial charge in [0.05, 0.1) is 12.7 Å². The van der Waals surface area contributed by atoms with Gasteiger partial charge in [0.25, 0.3) is 0 Å². The van der Waals surface area contributed by atoms with Gasteiger partial charge in [-0.3, -0.25) is 0 Å². The molecule has 0 N–H and O–H groups in total. The Balaban J connectivity index is 1.35. The van der Waals surface area contributed by atoms with Gasteiger partial charge in [-0.15, -0.1) is 0 Å². The van der Waals surface area contributed by atoms with E-state index in [-0.39, 0.29) is 6.10 Å². The molecule has 1 unspecified atom stereocenters. The lowest BCUT2D eigenvalue weighted by molar-refractivity contribution is 0.104. The van der Waals surface area contributed by atoms with E-state index in [2.05, 4.69) is 61.8 Å². The first-order valence-electron chi connectivity index (χ1n) is 9.59. The smallest absolute Gasteiger partial charge is 0.133 e. The molecule has 0 aromatic heterocycles. The van der Waals surface area contributed by atoms with Gasteiger partial charge in [-0.1, -0.05) is 86.0 Å². The van der Waals surface area contributed by atoms with Gasteiger partial charge < -0.3 is 9.47 Å². The first-order chi connectivity index (χ1) is 13.7. The lowest BCUT2D eigenvalue weighted by atomic mass is 9.90. The fourth-order valence-electron chi connectivity index (χ4n) is 3.48. The SMILES string of the molecule is C=C(/C=C\C=C1\C=CC=CC1)COC1C=C2OC(=C)c3ccccc3C2=CC1. The highest BCUT2D eigenvalue weighted by atomic mass is 16.5. The molecule has 4 rings (SSSR count). The summed E-state index contributed by atoms with van der Waals surface area (Å²) in [6.45, 7) is 8.63. The molecular formula is C26H24O2. The van der Waals surface area contributed by atoms with Crippen molar-refractivity contribution >= 4 is 11.3 Å². The highest BCUT2D eigenvalue weighted by Gasteiger charge is 2.26. The summed E-state index contributed by atoms with van der Waals surface area (Å²) in [5.41, 5.74) is 5.59. The van der Waals surface area contributed by atoms with Crippen molar-refractivity contribution in [3.63, 3.8) is 0 Å². The van der Waals surface area contributed by atoms with Gasteiger partial charge in [-0.2, -0.15) is 0 Å². The van der Waals surface area contributed by atoms with Crippen molar-refractivity contribution in [2.45, 2.75) is 18.9 Å². The van der Waals surface area contributed by atoms with Crippen LogP contribution in [0.5, 0.6) is 0 Å². The summed E-state index contributed by atoms with van der Waals surface area (Å²) in [5, 5.41) is 0. The summed E-state index contributed by atoms with van der Waals surface area (Å²) in [7, 11) is 0. The predicted molar refractivity (Wildman–Crippen MR) is 116 cm³/mol. The van der Waals surface area contributed by atoms with Crippen molar-refractivity contribution in [2.24, 2.45) is 0 Å². The predicted octanol–water partition coefficient (Wildman–Crippen LogP) is 6.30. The molecule has 0 saturated carbocycles. The number of fused-ring (bicyclic) bond motifs is 3. The average molecular weight is 368 g/mol. The van der Waals surface area contributed by atoms with E-state index < -0.39 is 0 Å². The zero-order valence-corrected chi connectivity index (χ0v) is 15.9. The van der Waals surface area contributed by atoms with Crippen LogP contribution in [0, 0.1) is 0 Å². The normalized spacial score (nSPS) is 21.8. The Morgan fingerprint density at radius 2 is 2.07 bits per heavy atom. The maximum atomic E-state index is 6.03. The molecule has 0 fully saturated rings. The molecule has 1 aromatic rings. The topological polar surface area (TPSA) is 18.5 Å². The molecule has 2 heteroatoms. The summed E-state index contributed by atoms with van der Waals surface area (Å²) in [6, 6.07) is 8.21. The molecule has 0 radical (unpaired) electrons. The van der Waals surface area contributed by atoms with E-state index in [0.717, 1.165) is 35.3 Å². The van der Waals surface area contributed by atoms with Crippen LogP contribution in [-0.2, 0) is 9.47 Å². The van der Waals surface area contributed by atoms with Crippen molar-refractivity contribution in [1.82, 2.24) is 0 Å². The number of ether oxygens (including phenoxy) is 2. The Morgan fingerprint density at radius 3 is 2.89 bits per heavy atom. The Morgan fingerprint density at radius 1 is 1.21 bits per heavy atom. The van der Waals surface area contributed by atoms with Gasteiger partial charge in [-0.05, 0) is 35.6 Å². The van der Waals surface area contributed by atoms with E-state index in [0.29, 0.717) is 12.4 Å². The van der Waals surface area contributed by atoms with Crippen molar-refractivity contribution in [2.75, 3.05) is 6.61 Å². The quantitative estimate of drug-likeness (QED) is 0.568. The minimum Gasteiger partial charge on any atom is -0.457 e. The first kappa shape index (κ1) is 18.3. The third-order valence-electron chi connectivity index (χ3n) is 4.94. The van der Waals surface area contributed by atoms with Gasteiger partial charge in [0.15, 0.2) is 0 Å². The average Bonchev–Trinajstić information content (AvgIpc) is 2.73. The molecule has 2 nitrogen and oxygen atoms in total. The fraction of sp³-hybridized carbons (Fsp3) is 0.154. The van der Waals surface area contributed by atoms with Gasteiger partial charge in [0, 0.05) is 11.1 Å². The van der Waals surface area contributed by atoms with Crippen LogP contribution in [0.15, 0.2) is 109 Å². The fourth-order valence-corrected chi connectivity index (χ4v) is 3.48. The standard InChI is InChI=1S/C26H24O2/c1-19(9-8-12-21-10-4-3-5-11-21)18-27-22-15-16-25-24-14-7-6-13-23(24)20(2)28-26(25)17-22/h3-10,12-14,16-17,22H,1-2,11,15,18H2/b9-8-,21-12-. The molecule has 0 saturated heterocycles. The molecular weight excluding hydrogens is 344 g/mol. The summed E-state index contributed by atoms with van der Waals surface area (Å²) < 4.78 is 12.0. The minimum absolute atomic E-state index is 0.0215. The van der Waals surface area contributed by atoms with Crippen LogP contribution >= 0.6 is 0 Å². The lowest BCUT2D eigenvalue weighted by Gasteiger charge is -2.28. The molecule has 28 heavy (non-hydrogen) atoms. The summed E-state index contributed by atoms with van der Waals surface area (Å²) in [6.07, 6.45) is 20.6. The Kier molecular flexibility index (Phi) is 5.41. The van der Waals surface area contributed by atoms with Crippen LogP contribution in [0.3, 0.4) is 0 Å². The molecule has 1 atom stereocenters. The molecule has 0 spiro atoms. The molecule has 1 heterocycles. The van der Waals surface area contributed by atoms with E-state index in [1.54, 1.807) is 0 Å². The second kappa shape index (κ2) is 8.28. The Bertz CT molecular complexity index is 979. The zero-order valence-electron chi connectivity index (χ0n) is 15.9. The maximum Gasteiger partial charge on any atom is 0.133 e. The number of benzene rings is 1. The highest BCUT2D eigenvalue weighted by molar-refractivity contribution is 5.89. The van der Waals surface area contributed by atoms with Crippen LogP contribution in [0.1, 0.15) is 24.0 Å². The van der Waals surface area contributed by atoms with E-state index in [4.69, 9.17) is 9.47 Å². The van der Waals surface area contributed by atoms with E-state index in [1.165, 1.54) is 11.1 Å². The maximum absolute atomic E-state index is 6.03. The molecule has 0 bridgehead atoms. The van der Waals surface area contributed by atoms with E-state index in [1.807, 2.05) is 30.4 Å². The van der Waals surface area contributed by atoms with Crippen LogP contribution < -0.4 is 0 Å². The summed E-state index contributed by atoms with van der Waals surface area (Å²) in [4.78, 5) is 0. The number of rotatable bonds is 5. The largest absolute Gasteiger partial charge is 0.457 e. The van der Waals surface area contributed by atoms with Gasteiger partial charge in [0.1, 0.15) is 11.5 Å². The van der Waals surface area contributed by atoms with Crippen molar-refractivity contribution in [1.29, 1.82) is 0 Å². The Labute approximate surface area is 166 Å². The molecule has 0 amide bonds. The van der Waals surface area contributed by atoms with E-state index in [9.17, 15) is 0 Å². The first-order valence-corrected chi connectivity index (χ1v) is 9.59. The third-order valence-corrected chi connectivity index (χ3v) is 4.94. The lowest BCUT2D eigenvalue weighted by Crippen LogP contribution is -2.18. The molecule has 140 valence electrons. The zero-order chi connectivity index (χ0) is 19.3. The van der Waals surface area contributed by atoms with Crippen LogP contribution in [0.4, 0.5) is 0 Å². The minimum atomic E-state index is -0.0215. The van der Waals surface area contributed by atoms with Crippen molar-refractivity contribution < 1.29 is 9.47 Å². The van der Waals surface area contributed by atoms with Gasteiger partial charge in [-0.25, -0.2) is 0 Å². The van der Waals surface area contributed by atoms with E-state index >= 15 is 0 Å². The summed E-state index contributed by atoms with van der Waals surface area (Å²) >= 11 is 0. The Hall–Kier alpha value is -3.10. The number of hydrogen-bond donors (Lipinski definition) is 0. The molecule has 1 aromatic carbocycles. The molecule has 1 aliphatic heterocycles. The molecule has 2 aliphatic carbocycles. The highest BCUT2D eigenvalue weighted by Crippen LogP contribution is 2.40. The summed E-state index contributed by atoms with van der Waals surface area (Å²) in [5.74, 6) is 1.52. The van der Waals surface area contributed by atoms with Gasteiger partial charge in [0.2, 0.25) is 0 Å². The van der Waals surface area contributed by atoms with Crippen molar-refractivity contribution in [3.8, 4) is 0 Å². The number of allylic oxidation sites excluding steroid dienone is 8. The second-order valence-corrected chi connectivity index (χ2v) is 7.06. The second-order valence-electron chi connectivity index (χ2n) is 7.06. The number of hydrogen-bond acceptors (Lipinski definition) is 2. The monoisotopic (exact) mass is 368 g/mol. The van der Waals surface area contributed by atoms with Gasteiger partial charge >= 0.3 is 0 Å². The van der Waals surface area contributed by atoms with Crippen LogP contribution in [0.2, 0.25) is 0 Å². The molecule has 3 aliphatic rings.